The first kappa shape index (κ1) is 12.4. The standard InChI is InChI=1S/C14H17N3O/c1-10-3-5-13(11(2)7-10)17-14(18)6-4-12-8-15-9-16-12/h3,5,7-9H,4,6H2,1-2H3,(H,15,16)(H,17,18). The number of imidazole rings is 1. The predicted octanol–water partition coefficient (Wildman–Crippen LogP) is 2.60. The lowest BCUT2D eigenvalue weighted by atomic mass is 10.1. The van der Waals surface area contributed by atoms with E-state index >= 15 is 0 Å². The van der Waals surface area contributed by atoms with Gasteiger partial charge in [0, 0.05) is 24.0 Å². The maximum absolute atomic E-state index is 11.8. The van der Waals surface area contributed by atoms with E-state index in [4.69, 9.17) is 0 Å². The fourth-order valence-electron chi connectivity index (χ4n) is 1.84. The van der Waals surface area contributed by atoms with Gasteiger partial charge in [0.05, 0.1) is 6.33 Å². The number of carbonyl (C=O) groups excluding carboxylic acids is 1. The Morgan fingerprint density at radius 2 is 2.22 bits per heavy atom. The first-order valence-electron chi connectivity index (χ1n) is 5.99. The molecule has 0 unspecified atom stereocenters. The number of hydrogen-bond donors (Lipinski definition) is 2. The monoisotopic (exact) mass is 243 g/mol. The molecule has 0 aliphatic carbocycles. The Hall–Kier alpha value is -2.10. The van der Waals surface area contributed by atoms with Crippen LogP contribution in [0.2, 0.25) is 0 Å². The second-order valence-electron chi connectivity index (χ2n) is 4.44. The van der Waals surface area contributed by atoms with Crippen molar-refractivity contribution < 1.29 is 4.79 Å². The zero-order valence-electron chi connectivity index (χ0n) is 10.7. The molecular weight excluding hydrogens is 226 g/mol. The predicted molar refractivity (Wildman–Crippen MR) is 71.5 cm³/mol. The third-order valence-corrected chi connectivity index (χ3v) is 2.83. The smallest absolute Gasteiger partial charge is 0.224 e. The lowest BCUT2D eigenvalue weighted by Gasteiger charge is -2.08. The number of H-pyrrole nitrogens is 1. The van der Waals surface area contributed by atoms with E-state index in [0.29, 0.717) is 12.8 Å². The quantitative estimate of drug-likeness (QED) is 0.867. The number of aryl methyl sites for hydroxylation is 3. The van der Waals surface area contributed by atoms with Gasteiger partial charge in [0.25, 0.3) is 0 Å². The Labute approximate surface area is 106 Å². The molecule has 94 valence electrons. The number of carbonyl (C=O) groups is 1. The highest BCUT2D eigenvalue weighted by molar-refractivity contribution is 5.91. The summed E-state index contributed by atoms with van der Waals surface area (Å²) in [6, 6.07) is 6.00. The zero-order valence-corrected chi connectivity index (χ0v) is 10.7. The van der Waals surface area contributed by atoms with Gasteiger partial charge < -0.3 is 10.3 Å². The van der Waals surface area contributed by atoms with Crippen LogP contribution >= 0.6 is 0 Å². The lowest BCUT2D eigenvalue weighted by Crippen LogP contribution is -2.13. The van der Waals surface area contributed by atoms with Gasteiger partial charge in [-0.15, -0.1) is 0 Å². The average Bonchev–Trinajstić information content (AvgIpc) is 2.83. The molecule has 0 spiro atoms. The molecule has 0 radical (unpaired) electrons. The molecule has 4 nitrogen and oxygen atoms in total. The first-order valence-corrected chi connectivity index (χ1v) is 5.99. The van der Waals surface area contributed by atoms with Crippen molar-refractivity contribution in [3.05, 3.63) is 47.5 Å². The van der Waals surface area contributed by atoms with Crippen molar-refractivity contribution in [3.8, 4) is 0 Å². The zero-order chi connectivity index (χ0) is 13.0. The summed E-state index contributed by atoms with van der Waals surface area (Å²) < 4.78 is 0. The number of nitrogens with one attached hydrogen (secondary N) is 2. The Morgan fingerprint density at radius 1 is 1.39 bits per heavy atom. The van der Waals surface area contributed by atoms with Crippen LogP contribution in [-0.2, 0) is 11.2 Å². The van der Waals surface area contributed by atoms with Gasteiger partial charge in [-0.2, -0.15) is 0 Å². The molecule has 2 rings (SSSR count). The molecule has 1 amide bonds. The average molecular weight is 243 g/mol. The van der Waals surface area contributed by atoms with Crippen LogP contribution in [0.4, 0.5) is 5.69 Å². The number of benzene rings is 1. The van der Waals surface area contributed by atoms with E-state index in [-0.39, 0.29) is 5.91 Å². The van der Waals surface area contributed by atoms with Crippen molar-refractivity contribution in [2.45, 2.75) is 26.7 Å². The van der Waals surface area contributed by atoms with Crippen LogP contribution in [0.5, 0.6) is 0 Å². The van der Waals surface area contributed by atoms with Crippen LogP contribution < -0.4 is 5.32 Å². The van der Waals surface area contributed by atoms with Gasteiger partial charge in [0.15, 0.2) is 0 Å². The molecule has 18 heavy (non-hydrogen) atoms. The normalized spacial score (nSPS) is 10.3. The van der Waals surface area contributed by atoms with E-state index < -0.39 is 0 Å². The van der Waals surface area contributed by atoms with Gasteiger partial charge in [-0.1, -0.05) is 17.7 Å². The first-order chi connectivity index (χ1) is 8.65. The third kappa shape index (κ3) is 3.20. The molecule has 2 aromatic rings. The van der Waals surface area contributed by atoms with E-state index in [1.165, 1.54) is 5.56 Å². The summed E-state index contributed by atoms with van der Waals surface area (Å²) in [7, 11) is 0. The van der Waals surface area contributed by atoms with E-state index in [2.05, 4.69) is 21.4 Å². The Balaban J connectivity index is 1.91. The summed E-state index contributed by atoms with van der Waals surface area (Å²) in [6.07, 6.45) is 4.49. The van der Waals surface area contributed by atoms with Crippen LogP contribution in [0.15, 0.2) is 30.7 Å². The maximum atomic E-state index is 11.8. The van der Waals surface area contributed by atoms with Crippen LogP contribution in [0.25, 0.3) is 0 Å². The fraction of sp³-hybridized carbons (Fsp3) is 0.286. The SMILES string of the molecule is Cc1ccc(NC(=O)CCc2cnc[nH]2)c(C)c1. The molecule has 0 fully saturated rings. The van der Waals surface area contributed by atoms with E-state index in [1.54, 1.807) is 12.5 Å². The molecule has 0 aliphatic rings. The lowest BCUT2D eigenvalue weighted by molar-refractivity contribution is -0.116. The second-order valence-corrected chi connectivity index (χ2v) is 4.44. The topological polar surface area (TPSA) is 57.8 Å². The summed E-state index contributed by atoms with van der Waals surface area (Å²) in [4.78, 5) is 18.7. The van der Waals surface area contributed by atoms with Gasteiger partial charge in [-0.3, -0.25) is 4.79 Å². The number of aromatic amines is 1. The molecule has 0 bridgehead atoms. The number of amides is 1. The van der Waals surface area contributed by atoms with E-state index in [0.717, 1.165) is 16.9 Å². The molecule has 1 heterocycles. The summed E-state index contributed by atoms with van der Waals surface area (Å²) in [5.74, 6) is 0.0246. The summed E-state index contributed by atoms with van der Waals surface area (Å²) in [5.41, 5.74) is 4.15. The highest BCUT2D eigenvalue weighted by Gasteiger charge is 2.05. The second kappa shape index (κ2) is 5.49. The summed E-state index contributed by atoms with van der Waals surface area (Å²) in [6.45, 7) is 4.04. The van der Waals surface area contributed by atoms with Gasteiger partial charge in [-0.05, 0) is 31.9 Å². The van der Waals surface area contributed by atoms with Gasteiger partial charge in [0.1, 0.15) is 0 Å². The maximum Gasteiger partial charge on any atom is 0.224 e. The largest absolute Gasteiger partial charge is 0.348 e. The summed E-state index contributed by atoms with van der Waals surface area (Å²) in [5, 5.41) is 2.93. The van der Waals surface area contributed by atoms with Gasteiger partial charge in [-0.25, -0.2) is 4.98 Å². The van der Waals surface area contributed by atoms with Crippen molar-refractivity contribution in [1.29, 1.82) is 0 Å². The van der Waals surface area contributed by atoms with Crippen molar-refractivity contribution in [2.24, 2.45) is 0 Å². The van der Waals surface area contributed by atoms with Crippen LogP contribution in [0.1, 0.15) is 23.2 Å². The number of anilines is 1. The molecule has 0 saturated heterocycles. The molecule has 0 aliphatic heterocycles. The van der Waals surface area contributed by atoms with Crippen LogP contribution in [-0.4, -0.2) is 15.9 Å². The van der Waals surface area contributed by atoms with Gasteiger partial charge >= 0.3 is 0 Å². The molecular formula is C14H17N3O. The van der Waals surface area contributed by atoms with E-state index in [9.17, 15) is 4.79 Å². The molecule has 2 N–H and O–H groups in total. The van der Waals surface area contributed by atoms with E-state index in [1.807, 2.05) is 26.0 Å². The number of aromatic nitrogens is 2. The molecule has 1 aromatic heterocycles. The van der Waals surface area contributed by atoms with Crippen LogP contribution in [0.3, 0.4) is 0 Å². The van der Waals surface area contributed by atoms with Crippen molar-refractivity contribution in [3.63, 3.8) is 0 Å². The van der Waals surface area contributed by atoms with Crippen molar-refractivity contribution in [1.82, 2.24) is 9.97 Å². The molecule has 1 aromatic carbocycles. The van der Waals surface area contributed by atoms with Gasteiger partial charge in [0.2, 0.25) is 5.91 Å². The van der Waals surface area contributed by atoms with Crippen molar-refractivity contribution in [2.75, 3.05) is 5.32 Å². The Kier molecular flexibility index (Phi) is 3.77. The van der Waals surface area contributed by atoms with Crippen LogP contribution in [0, 0.1) is 13.8 Å². The highest BCUT2D eigenvalue weighted by atomic mass is 16.1. The molecule has 0 saturated carbocycles. The Morgan fingerprint density at radius 3 is 2.89 bits per heavy atom. The minimum absolute atomic E-state index is 0.0246. The third-order valence-electron chi connectivity index (χ3n) is 2.83. The highest BCUT2D eigenvalue weighted by Crippen LogP contribution is 2.16. The molecule has 0 atom stereocenters. The van der Waals surface area contributed by atoms with Crippen molar-refractivity contribution >= 4 is 11.6 Å². The number of hydrogen-bond acceptors (Lipinski definition) is 2. The summed E-state index contributed by atoms with van der Waals surface area (Å²) >= 11 is 0. The molecule has 4 heteroatoms. The number of nitrogens with zero attached hydrogens (tertiary/aromatic N) is 1. The Bertz CT molecular complexity index is 532. The minimum atomic E-state index is 0.0246. The number of rotatable bonds is 4. The fourth-order valence-corrected chi connectivity index (χ4v) is 1.84. The minimum Gasteiger partial charge on any atom is -0.348 e.